The molecular weight excluding hydrogens is 1070 g/mol. The minimum absolute atomic E-state index is 0. The van der Waals surface area contributed by atoms with Gasteiger partial charge in [0.05, 0.1) is 0 Å². The first kappa shape index (κ1) is 74.3. The van der Waals surface area contributed by atoms with Crippen LogP contribution in [0.1, 0.15) is 41.0 Å². The monoisotopic (exact) mass is 1140 g/mol. The largest absolute Gasteiger partial charge is 0.449 e. The topological polar surface area (TPSA) is 47.9 Å². The standard InChI is InChI=1S/C11H4.C10H24O2Si3.C10H2.C9H4.C8H18OSi2.C8H14O.Pt/c1-3-5-7-9-11-10-8-6-4-2;1-9-13(3,4)11-15(7,8)12-14(5,6)10-2;1-3-5-7-9-10-8-6-4-2;1-3-5-7-9-8-6-4-2;1-7-10(3,4)9-11(5,6)8-2;1-5-8(4,9)6-7(2)3;/h1H,2H3;9-10H,1-2H2,3-8H3;1-2H;1H,2H3;7-8H,1-2H2,3-6H3;1,7,9H,6H2,2-4H3;. The van der Waals surface area contributed by atoms with E-state index in [1.807, 2.05) is 36.6 Å². The molecule has 0 amide bonds. The summed E-state index contributed by atoms with van der Waals surface area (Å²) in [6.07, 6.45) is 25.0. The molecular formula is C56H66O4PtSi5. The van der Waals surface area contributed by atoms with Gasteiger partial charge in [-0.3, -0.25) is 0 Å². The van der Waals surface area contributed by atoms with E-state index in [4.69, 9.17) is 44.5 Å². The molecule has 66 heavy (non-hydrogen) atoms. The SMILES string of the molecule is C#CC#CC#CC#CC.C#CC#CC#CC#CC#C.C#CC#CC#CC#CC#CC.C#CC(C)(O)CC(C)C.C=C[Si](C)(C)O[Si](C)(C)C=C.C=C[Si](C)(C)O[Si](C)(C)O[Si](C)(C)C=C.[Pt]. The fourth-order valence-electron chi connectivity index (χ4n) is 3.63. The summed E-state index contributed by atoms with van der Waals surface area (Å²) in [5.41, 5.74) is 6.92. The zero-order valence-corrected chi connectivity index (χ0v) is 49.1. The first-order valence-electron chi connectivity index (χ1n) is 19.6. The Morgan fingerprint density at radius 2 is 0.667 bits per heavy atom. The van der Waals surface area contributed by atoms with Crippen LogP contribution < -0.4 is 0 Å². The first-order valence-corrected chi connectivity index (χ1v) is 34.4. The zero-order chi connectivity index (χ0) is 51.9. The summed E-state index contributed by atoms with van der Waals surface area (Å²) in [5, 5.41) is 9.26. The van der Waals surface area contributed by atoms with Gasteiger partial charge in [-0.25, -0.2) is 0 Å². The number of terminal acetylenes is 5. The Labute approximate surface area is 424 Å². The van der Waals surface area contributed by atoms with E-state index >= 15 is 0 Å². The van der Waals surface area contributed by atoms with Crippen LogP contribution in [0.2, 0.25) is 65.5 Å². The second kappa shape index (κ2) is 45.5. The summed E-state index contributed by atoms with van der Waals surface area (Å²) < 4.78 is 18.2. The van der Waals surface area contributed by atoms with E-state index in [0.29, 0.717) is 12.3 Å². The van der Waals surface area contributed by atoms with Gasteiger partial charge in [-0.2, -0.15) is 0 Å². The van der Waals surface area contributed by atoms with Crippen LogP contribution >= 0.6 is 0 Å². The summed E-state index contributed by atoms with van der Waals surface area (Å²) >= 11 is 0. The Morgan fingerprint density at radius 1 is 0.455 bits per heavy atom. The van der Waals surface area contributed by atoms with Crippen molar-refractivity contribution in [3.63, 3.8) is 0 Å². The van der Waals surface area contributed by atoms with Gasteiger partial charge < -0.3 is 17.5 Å². The van der Waals surface area contributed by atoms with Crippen molar-refractivity contribution < 1.29 is 38.5 Å². The molecule has 0 saturated heterocycles. The predicted molar refractivity (Wildman–Crippen MR) is 295 cm³/mol. The molecule has 1 unspecified atom stereocenters. The Bertz CT molecular complexity index is 2360. The Hall–Kier alpha value is -6.03. The molecule has 0 aliphatic rings. The van der Waals surface area contributed by atoms with Crippen LogP contribution in [0.5, 0.6) is 0 Å². The van der Waals surface area contributed by atoms with Gasteiger partial charge in [0.2, 0.25) is 0 Å². The van der Waals surface area contributed by atoms with E-state index < -0.39 is 47.4 Å². The van der Waals surface area contributed by atoms with Crippen molar-refractivity contribution in [1.82, 2.24) is 0 Å². The van der Waals surface area contributed by atoms with Gasteiger partial charge >= 0.3 is 8.56 Å². The van der Waals surface area contributed by atoms with Crippen LogP contribution in [0.4, 0.5) is 0 Å². The predicted octanol–water partition coefficient (Wildman–Crippen LogP) is 9.43. The summed E-state index contributed by atoms with van der Waals surface area (Å²) in [6, 6.07) is 0. The summed E-state index contributed by atoms with van der Waals surface area (Å²) in [5.74, 6) is 60.1. The van der Waals surface area contributed by atoms with E-state index in [1.165, 1.54) is 0 Å². The molecule has 0 aromatic heterocycles. The van der Waals surface area contributed by atoms with Crippen LogP contribution in [0.3, 0.4) is 0 Å². The number of aliphatic hydroxyl groups is 1. The molecule has 0 aliphatic carbocycles. The molecule has 1 atom stereocenters. The summed E-state index contributed by atoms with van der Waals surface area (Å²) in [6.45, 7) is 45.7. The molecule has 1 N–H and O–H groups in total. The fourth-order valence-corrected chi connectivity index (χ4v) is 21.1. The van der Waals surface area contributed by atoms with Crippen LogP contribution in [0.25, 0.3) is 0 Å². The van der Waals surface area contributed by atoms with Crippen molar-refractivity contribution >= 4 is 41.8 Å². The van der Waals surface area contributed by atoms with Crippen molar-refractivity contribution in [2.75, 3.05) is 0 Å². The van der Waals surface area contributed by atoms with E-state index in [0.717, 1.165) is 0 Å². The molecule has 0 aliphatic heterocycles. The molecule has 4 nitrogen and oxygen atoms in total. The molecule has 0 spiro atoms. The van der Waals surface area contributed by atoms with E-state index in [9.17, 15) is 5.11 Å². The molecule has 0 bridgehead atoms. The molecule has 0 fully saturated rings. The molecule has 0 aromatic carbocycles. The molecule has 0 rings (SSSR count). The smallest absolute Gasteiger partial charge is 0.311 e. The summed E-state index contributed by atoms with van der Waals surface area (Å²) in [4.78, 5) is 0. The Morgan fingerprint density at radius 3 is 0.833 bits per heavy atom. The van der Waals surface area contributed by atoms with Gasteiger partial charge in [-0.1, -0.05) is 54.4 Å². The van der Waals surface area contributed by atoms with Crippen molar-refractivity contribution in [2.24, 2.45) is 5.92 Å². The Kier molecular flexibility index (Phi) is 51.3. The molecule has 344 valence electrons. The van der Waals surface area contributed by atoms with Crippen LogP contribution in [-0.2, 0) is 33.4 Å². The molecule has 10 heteroatoms. The van der Waals surface area contributed by atoms with Gasteiger partial charge in [0.1, 0.15) is 5.60 Å². The fraction of sp³-hybridized carbons (Fsp3) is 0.321. The quantitative estimate of drug-likeness (QED) is 0.157. The van der Waals surface area contributed by atoms with Crippen molar-refractivity contribution in [3.8, 4) is 180 Å². The molecule has 0 saturated carbocycles. The van der Waals surface area contributed by atoms with Crippen molar-refractivity contribution in [1.29, 1.82) is 0 Å². The van der Waals surface area contributed by atoms with Crippen LogP contribution in [-0.4, -0.2) is 52.5 Å². The molecule has 0 heterocycles. The second-order valence-electron chi connectivity index (χ2n) is 15.3. The minimum Gasteiger partial charge on any atom is -0.449 e. The first-order chi connectivity index (χ1) is 30.1. The molecule has 0 aromatic rings. The maximum atomic E-state index is 9.26. The average molecular weight is 1140 g/mol. The van der Waals surface area contributed by atoms with Crippen molar-refractivity contribution in [3.05, 3.63) is 49.1 Å². The van der Waals surface area contributed by atoms with Gasteiger partial charge in [-0.05, 0) is 229 Å². The number of rotatable bonds is 12. The van der Waals surface area contributed by atoms with Crippen molar-refractivity contribution in [2.45, 2.75) is 112 Å². The second-order valence-corrected chi connectivity index (χ2v) is 35.0. The normalized spacial score (nSPS) is 9.15. The van der Waals surface area contributed by atoms with Gasteiger partial charge in [0, 0.05) is 21.1 Å². The maximum absolute atomic E-state index is 9.26. The maximum Gasteiger partial charge on any atom is 0.311 e. The van der Waals surface area contributed by atoms with Gasteiger partial charge in [0.15, 0.2) is 33.3 Å². The van der Waals surface area contributed by atoms with E-state index in [-0.39, 0.29) is 21.1 Å². The molecule has 0 radical (unpaired) electrons. The third-order valence-electron chi connectivity index (χ3n) is 6.10. The van der Waals surface area contributed by atoms with Gasteiger partial charge in [0.25, 0.3) is 0 Å². The van der Waals surface area contributed by atoms with Crippen LogP contribution in [0, 0.1) is 186 Å². The number of hydrogen-bond acceptors (Lipinski definition) is 4. The summed E-state index contributed by atoms with van der Waals surface area (Å²) in [7, 11) is -8.67. The average Bonchev–Trinajstić information content (AvgIpc) is 3.21. The number of hydrogen-bond donors (Lipinski definition) is 1. The Balaban J connectivity index is -0.000000127. The van der Waals surface area contributed by atoms with Crippen LogP contribution in [0.15, 0.2) is 49.1 Å². The van der Waals surface area contributed by atoms with E-state index in [1.54, 1.807) is 20.8 Å². The van der Waals surface area contributed by atoms with Gasteiger partial charge in [-0.15, -0.1) is 58.4 Å². The van der Waals surface area contributed by atoms with E-state index in [2.05, 4.69) is 240 Å². The third-order valence-corrected chi connectivity index (χ3v) is 22.4. The minimum atomic E-state index is -2.04. The third kappa shape index (κ3) is 67.1. The zero-order valence-electron chi connectivity index (χ0n) is 41.8.